The van der Waals surface area contributed by atoms with E-state index in [4.69, 9.17) is 9.88 Å². The molecular formula is C23H20N4O3S. The number of aromatic nitrogens is 2. The molecule has 4 rings (SSSR count). The molecule has 0 aliphatic rings. The van der Waals surface area contributed by atoms with Crippen molar-refractivity contribution in [1.29, 1.82) is 0 Å². The number of nitrogens with two attached hydrogens (primary N) is 1. The molecule has 0 aliphatic carbocycles. The topological polar surface area (TPSA) is 107 Å². The number of primary sulfonamides is 1. The van der Waals surface area contributed by atoms with Crippen molar-refractivity contribution in [3.63, 3.8) is 0 Å². The van der Waals surface area contributed by atoms with Crippen LogP contribution in [0.1, 0.15) is 5.69 Å². The maximum atomic E-state index is 11.4. The zero-order valence-electron chi connectivity index (χ0n) is 16.7. The van der Waals surface area contributed by atoms with E-state index in [1.54, 1.807) is 30.5 Å². The van der Waals surface area contributed by atoms with Gasteiger partial charge in [0.25, 0.3) is 0 Å². The maximum absolute atomic E-state index is 11.4. The molecule has 4 aromatic rings. The fourth-order valence-electron chi connectivity index (χ4n) is 2.97. The van der Waals surface area contributed by atoms with Crippen LogP contribution in [0.25, 0.3) is 11.3 Å². The molecule has 2 aromatic heterocycles. The largest absolute Gasteiger partial charge is 0.455 e. The predicted octanol–water partition coefficient (Wildman–Crippen LogP) is 4.64. The van der Waals surface area contributed by atoms with Crippen LogP contribution in [0.3, 0.4) is 0 Å². The molecule has 0 aliphatic heterocycles. The van der Waals surface area contributed by atoms with E-state index in [2.05, 4.69) is 15.3 Å². The molecule has 31 heavy (non-hydrogen) atoms. The average molecular weight is 433 g/mol. The van der Waals surface area contributed by atoms with Crippen LogP contribution in [-0.4, -0.2) is 18.4 Å². The lowest BCUT2D eigenvalue weighted by molar-refractivity contribution is 0.482. The third kappa shape index (κ3) is 5.06. The highest BCUT2D eigenvalue weighted by Crippen LogP contribution is 2.32. The molecule has 0 saturated carbocycles. The van der Waals surface area contributed by atoms with E-state index in [0.29, 0.717) is 23.0 Å². The van der Waals surface area contributed by atoms with E-state index in [1.807, 2.05) is 49.4 Å². The summed E-state index contributed by atoms with van der Waals surface area (Å²) in [5.74, 6) is 1.76. The maximum Gasteiger partial charge on any atom is 0.238 e. The minimum atomic E-state index is -3.73. The Labute approximate surface area is 180 Å². The quantitative estimate of drug-likeness (QED) is 0.460. The highest BCUT2D eigenvalue weighted by molar-refractivity contribution is 7.89. The first-order valence-corrected chi connectivity index (χ1v) is 11.0. The monoisotopic (exact) mass is 432 g/mol. The molecule has 0 amide bonds. The number of benzene rings is 2. The van der Waals surface area contributed by atoms with E-state index in [-0.39, 0.29) is 4.90 Å². The summed E-state index contributed by atoms with van der Waals surface area (Å²) in [6, 6.07) is 23.2. The van der Waals surface area contributed by atoms with Crippen molar-refractivity contribution in [3.05, 3.63) is 90.8 Å². The van der Waals surface area contributed by atoms with Gasteiger partial charge < -0.3 is 10.1 Å². The van der Waals surface area contributed by atoms with Gasteiger partial charge in [-0.15, -0.1) is 0 Å². The molecule has 0 radical (unpaired) electrons. The summed E-state index contributed by atoms with van der Waals surface area (Å²) in [5.41, 5.74) is 3.28. The number of sulfonamides is 1. The Kier molecular flexibility index (Phi) is 5.66. The minimum absolute atomic E-state index is 0.0448. The second-order valence-corrected chi connectivity index (χ2v) is 8.40. The lowest BCUT2D eigenvalue weighted by Gasteiger charge is -2.13. The van der Waals surface area contributed by atoms with Crippen LogP contribution in [0.4, 0.5) is 11.5 Å². The third-order valence-corrected chi connectivity index (χ3v) is 5.39. The van der Waals surface area contributed by atoms with Crippen molar-refractivity contribution in [3.8, 4) is 22.8 Å². The highest BCUT2D eigenvalue weighted by Gasteiger charge is 2.11. The Morgan fingerprint density at radius 3 is 2.39 bits per heavy atom. The number of nitrogens with one attached hydrogen (secondary N) is 1. The Bertz CT molecular complexity index is 1310. The van der Waals surface area contributed by atoms with Gasteiger partial charge in [-0.2, -0.15) is 0 Å². The van der Waals surface area contributed by atoms with Crippen LogP contribution in [0.15, 0.2) is 90.0 Å². The van der Waals surface area contributed by atoms with Crippen molar-refractivity contribution in [1.82, 2.24) is 9.97 Å². The Morgan fingerprint density at radius 2 is 1.68 bits per heavy atom. The van der Waals surface area contributed by atoms with Crippen LogP contribution in [0.2, 0.25) is 0 Å². The Hall–Kier alpha value is -3.75. The number of aryl methyl sites for hydroxylation is 1. The normalized spacial score (nSPS) is 11.2. The number of pyridine rings is 2. The van der Waals surface area contributed by atoms with Gasteiger partial charge in [0.15, 0.2) is 5.75 Å². The van der Waals surface area contributed by atoms with Gasteiger partial charge in [0.1, 0.15) is 17.3 Å². The van der Waals surface area contributed by atoms with E-state index in [1.165, 1.54) is 12.1 Å². The molecule has 156 valence electrons. The first-order valence-electron chi connectivity index (χ1n) is 9.45. The van der Waals surface area contributed by atoms with Gasteiger partial charge in [0.05, 0.1) is 4.90 Å². The van der Waals surface area contributed by atoms with Gasteiger partial charge in [0.2, 0.25) is 10.0 Å². The van der Waals surface area contributed by atoms with Crippen LogP contribution in [0, 0.1) is 6.92 Å². The summed E-state index contributed by atoms with van der Waals surface area (Å²) in [4.78, 5) is 8.98. The lowest BCUT2D eigenvalue weighted by Crippen LogP contribution is -2.11. The number of rotatable bonds is 6. The van der Waals surface area contributed by atoms with Gasteiger partial charge in [-0.25, -0.2) is 23.5 Å². The molecule has 0 atom stereocenters. The molecule has 0 fully saturated rings. The van der Waals surface area contributed by atoms with Crippen LogP contribution >= 0.6 is 0 Å². The first-order chi connectivity index (χ1) is 14.9. The molecular weight excluding hydrogens is 412 g/mol. The summed E-state index contributed by atoms with van der Waals surface area (Å²) >= 11 is 0. The molecule has 8 heteroatoms. The predicted molar refractivity (Wildman–Crippen MR) is 120 cm³/mol. The van der Waals surface area contributed by atoms with Crippen molar-refractivity contribution in [2.45, 2.75) is 11.8 Å². The van der Waals surface area contributed by atoms with E-state index in [9.17, 15) is 8.42 Å². The fourth-order valence-corrected chi connectivity index (χ4v) is 3.49. The summed E-state index contributed by atoms with van der Waals surface area (Å²) in [7, 11) is -3.73. The SMILES string of the molecule is Cc1ccc(Oc2ccnc(Nc3ccc(S(N)(=O)=O)cc3)c2)c(-c2ccccc2)n1. The van der Waals surface area contributed by atoms with Gasteiger partial charge in [-0.05, 0) is 49.4 Å². The molecule has 3 N–H and O–H groups in total. The van der Waals surface area contributed by atoms with Crippen LogP contribution in [0.5, 0.6) is 11.5 Å². The molecule has 0 bridgehead atoms. The van der Waals surface area contributed by atoms with Crippen molar-refractivity contribution in [2.24, 2.45) is 5.14 Å². The molecule has 0 unspecified atom stereocenters. The molecule has 0 saturated heterocycles. The third-order valence-electron chi connectivity index (χ3n) is 4.46. The van der Waals surface area contributed by atoms with Gasteiger partial charge >= 0.3 is 0 Å². The van der Waals surface area contributed by atoms with E-state index in [0.717, 1.165) is 17.0 Å². The molecule has 0 spiro atoms. The molecule has 2 aromatic carbocycles. The number of ether oxygens (including phenoxy) is 1. The van der Waals surface area contributed by atoms with E-state index < -0.39 is 10.0 Å². The fraction of sp³-hybridized carbons (Fsp3) is 0.0435. The summed E-state index contributed by atoms with van der Waals surface area (Å²) in [6.45, 7) is 1.94. The summed E-state index contributed by atoms with van der Waals surface area (Å²) < 4.78 is 28.9. The number of anilines is 2. The summed E-state index contributed by atoms with van der Waals surface area (Å²) in [5, 5.41) is 8.26. The number of nitrogens with zero attached hydrogens (tertiary/aromatic N) is 2. The lowest BCUT2D eigenvalue weighted by atomic mass is 10.1. The Balaban J connectivity index is 1.57. The minimum Gasteiger partial charge on any atom is -0.455 e. The van der Waals surface area contributed by atoms with Crippen molar-refractivity contribution < 1.29 is 13.2 Å². The molecule has 2 heterocycles. The zero-order chi connectivity index (χ0) is 21.8. The van der Waals surface area contributed by atoms with Crippen LogP contribution in [-0.2, 0) is 10.0 Å². The van der Waals surface area contributed by atoms with Crippen LogP contribution < -0.4 is 15.2 Å². The highest BCUT2D eigenvalue weighted by atomic mass is 32.2. The van der Waals surface area contributed by atoms with Crippen molar-refractivity contribution in [2.75, 3.05) is 5.32 Å². The van der Waals surface area contributed by atoms with Gasteiger partial charge in [-0.3, -0.25) is 0 Å². The smallest absolute Gasteiger partial charge is 0.238 e. The second-order valence-electron chi connectivity index (χ2n) is 6.84. The second kappa shape index (κ2) is 8.55. The first kappa shape index (κ1) is 20.5. The van der Waals surface area contributed by atoms with Crippen molar-refractivity contribution >= 4 is 21.5 Å². The van der Waals surface area contributed by atoms with Gasteiger partial charge in [-0.1, -0.05) is 30.3 Å². The summed E-state index contributed by atoms with van der Waals surface area (Å²) in [6.07, 6.45) is 1.63. The average Bonchev–Trinajstić information content (AvgIpc) is 2.76. The number of hydrogen-bond acceptors (Lipinski definition) is 6. The zero-order valence-corrected chi connectivity index (χ0v) is 17.5. The van der Waals surface area contributed by atoms with E-state index >= 15 is 0 Å². The number of hydrogen-bond donors (Lipinski definition) is 2. The molecule has 7 nitrogen and oxygen atoms in total. The Morgan fingerprint density at radius 1 is 0.935 bits per heavy atom. The standard InChI is InChI=1S/C23H20N4O3S/c1-16-7-12-21(23(26-16)17-5-3-2-4-6-17)30-19-13-14-25-22(15-19)27-18-8-10-20(11-9-18)31(24,28)29/h2-15H,1H3,(H,25,27)(H2,24,28,29). The van der Waals surface area contributed by atoms with Gasteiger partial charge in [0, 0.05) is 29.2 Å².